The lowest BCUT2D eigenvalue weighted by Gasteiger charge is -2.12. The lowest BCUT2D eigenvalue weighted by atomic mass is 9.98. The highest BCUT2D eigenvalue weighted by Gasteiger charge is 2.17. The fourth-order valence-corrected chi connectivity index (χ4v) is 3.71. The Hall–Kier alpha value is -2.10. The smallest absolute Gasteiger partial charge is 0.106 e. The maximum Gasteiger partial charge on any atom is 0.106 e. The van der Waals surface area contributed by atoms with E-state index in [4.69, 9.17) is 0 Å². The third kappa shape index (κ3) is 1.68. The fraction of sp³-hybridized carbons (Fsp3) is 0.0588. The van der Waals surface area contributed by atoms with Gasteiger partial charge in [-0.15, -0.1) is 11.3 Å². The van der Waals surface area contributed by atoms with E-state index in [2.05, 4.69) is 22.5 Å². The van der Waals surface area contributed by atoms with E-state index < -0.39 is 6.10 Å². The first-order valence-corrected chi connectivity index (χ1v) is 7.43. The van der Waals surface area contributed by atoms with Crippen molar-refractivity contribution in [2.75, 3.05) is 0 Å². The second-order valence-corrected chi connectivity index (χ2v) is 5.79. The predicted octanol–water partition coefficient (Wildman–Crippen LogP) is 4.46. The zero-order chi connectivity index (χ0) is 13.5. The van der Waals surface area contributed by atoms with E-state index in [9.17, 15) is 5.11 Å². The van der Waals surface area contributed by atoms with Crippen LogP contribution in [0.1, 0.15) is 17.2 Å². The molecule has 2 aromatic heterocycles. The summed E-state index contributed by atoms with van der Waals surface area (Å²) in [6.07, 6.45) is 1.32. The number of aromatic nitrogens is 1. The molecule has 0 aliphatic heterocycles. The standard InChI is InChI=1S/C17H13NOS/c19-17(13-5-3-6-15-11(13)8-9-18-15)14-10-20-16-7-2-1-4-12(14)16/h1-10,17-19H. The molecule has 0 bridgehead atoms. The van der Waals surface area contributed by atoms with E-state index in [1.54, 1.807) is 11.3 Å². The summed E-state index contributed by atoms with van der Waals surface area (Å²) in [7, 11) is 0. The minimum absolute atomic E-state index is 0.592. The molecule has 2 N–H and O–H groups in total. The summed E-state index contributed by atoms with van der Waals surface area (Å²) < 4.78 is 1.21. The average Bonchev–Trinajstić information content (AvgIpc) is 3.12. The zero-order valence-corrected chi connectivity index (χ0v) is 11.5. The van der Waals surface area contributed by atoms with Crippen molar-refractivity contribution in [2.24, 2.45) is 0 Å². The minimum Gasteiger partial charge on any atom is -0.384 e. The Kier molecular flexibility index (Phi) is 2.62. The largest absolute Gasteiger partial charge is 0.384 e. The molecule has 4 aromatic rings. The molecule has 0 fully saturated rings. The van der Waals surface area contributed by atoms with Crippen molar-refractivity contribution < 1.29 is 5.11 Å². The van der Waals surface area contributed by atoms with Crippen LogP contribution in [0.3, 0.4) is 0 Å². The lowest BCUT2D eigenvalue weighted by molar-refractivity contribution is 0.224. The molecule has 2 nitrogen and oxygen atoms in total. The van der Waals surface area contributed by atoms with E-state index in [1.807, 2.05) is 42.6 Å². The Balaban J connectivity index is 1.92. The van der Waals surface area contributed by atoms with Crippen molar-refractivity contribution in [1.29, 1.82) is 0 Å². The molecule has 0 aliphatic carbocycles. The number of benzene rings is 2. The van der Waals surface area contributed by atoms with Crippen molar-refractivity contribution in [1.82, 2.24) is 4.98 Å². The number of aliphatic hydroxyl groups excluding tert-OH is 1. The van der Waals surface area contributed by atoms with Gasteiger partial charge >= 0.3 is 0 Å². The van der Waals surface area contributed by atoms with Gasteiger partial charge in [-0.25, -0.2) is 0 Å². The van der Waals surface area contributed by atoms with Gasteiger partial charge < -0.3 is 10.1 Å². The fourth-order valence-electron chi connectivity index (χ4n) is 2.73. The second-order valence-electron chi connectivity index (χ2n) is 4.88. The highest BCUT2D eigenvalue weighted by atomic mass is 32.1. The first-order valence-electron chi connectivity index (χ1n) is 6.55. The molecule has 0 saturated heterocycles. The number of hydrogen-bond donors (Lipinski definition) is 2. The summed E-state index contributed by atoms with van der Waals surface area (Å²) in [5.74, 6) is 0. The lowest BCUT2D eigenvalue weighted by Crippen LogP contribution is -1.99. The highest BCUT2D eigenvalue weighted by Crippen LogP contribution is 2.35. The van der Waals surface area contributed by atoms with Crippen LogP contribution in [-0.2, 0) is 0 Å². The summed E-state index contributed by atoms with van der Waals surface area (Å²) in [6, 6.07) is 16.2. The van der Waals surface area contributed by atoms with Crippen molar-refractivity contribution >= 4 is 32.3 Å². The van der Waals surface area contributed by atoms with Gasteiger partial charge in [-0.3, -0.25) is 0 Å². The Labute approximate surface area is 120 Å². The molecule has 2 aromatic carbocycles. The number of nitrogens with one attached hydrogen (secondary N) is 1. The van der Waals surface area contributed by atoms with E-state index >= 15 is 0 Å². The molecule has 20 heavy (non-hydrogen) atoms. The first kappa shape index (κ1) is 11.7. The normalized spacial score (nSPS) is 13.1. The van der Waals surface area contributed by atoms with Gasteiger partial charge in [0.05, 0.1) is 0 Å². The summed E-state index contributed by atoms with van der Waals surface area (Å²) in [6.45, 7) is 0. The van der Waals surface area contributed by atoms with Crippen LogP contribution in [0.25, 0.3) is 21.0 Å². The van der Waals surface area contributed by atoms with Gasteiger partial charge in [0.15, 0.2) is 0 Å². The minimum atomic E-state index is -0.592. The van der Waals surface area contributed by atoms with Crippen LogP contribution in [0.4, 0.5) is 0 Å². The molecule has 0 spiro atoms. The van der Waals surface area contributed by atoms with Gasteiger partial charge in [0.2, 0.25) is 0 Å². The van der Waals surface area contributed by atoms with E-state index in [0.717, 1.165) is 27.4 Å². The Morgan fingerprint density at radius 1 is 0.900 bits per heavy atom. The zero-order valence-electron chi connectivity index (χ0n) is 10.7. The number of fused-ring (bicyclic) bond motifs is 2. The van der Waals surface area contributed by atoms with Gasteiger partial charge in [0.1, 0.15) is 6.10 Å². The molecule has 4 rings (SSSR count). The third-order valence-corrected chi connectivity index (χ3v) is 4.71. The highest BCUT2D eigenvalue weighted by molar-refractivity contribution is 7.17. The van der Waals surface area contributed by atoms with Crippen molar-refractivity contribution in [3.05, 3.63) is 71.2 Å². The Bertz CT molecular complexity index is 890. The summed E-state index contributed by atoms with van der Waals surface area (Å²) >= 11 is 1.68. The van der Waals surface area contributed by atoms with Gasteiger partial charge in [0.25, 0.3) is 0 Å². The van der Waals surface area contributed by atoms with Gasteiger partial charge in [-0.05, 0) is 34.5 Å². The van der Waals surface area contributed by atoms with Gasteiger partial charge in [-0.1, -0.05) is 30.3 Å². The predicted molar refractivity (Wildman–Crippen MR) is 84.2 cm³/mol. The van der Waals surface area contributed by atoms with Crippen LogP contribution in [0.15, 0.2) is 60.1 Å². The Morgan fingerprint density at radius 3 is 2.75 bits per heavy atom. The molecule has 1 unspecified atom stereocenters. The maximum atomic E-state index is 10.8. The topological polar surface area (TPSA) is 36.0 Å². The summed E-state index contributed by atoms with van der Waals surface area (Å²) in [4.78, 5) is 3.19. The monoisotopic (exact) mass is 279 g/mol. The van der Waals surface area contributed by atoms with Gasteiger partial charge in [0, 0.05) is 27.4 Å². The molecule has 0 radical (unpaired) electrons. The number of hydrogen-bond acceptors (Lipinski definition) is 2. The van der Waals surface area contributed by atoms with Crippen molar-refractivity contribution in [3.63, 3.8) is 0 Å². The quantitative estimate of drug-likeness (QED) is 0.558. The number of aromatic amines is 1. The molecule has 0 saturated carbocycles. The molecule has 0 amide bonds. The number of H-pyrrole nitrogens is 1. The van der Waals surface area contributed by atoms with E-state index in [-0.39, 0.29) is 0 Å². The molecule has 3 heteroatoms. The summed E-state index contributed by atoms with van der Waals surface area (Å²) in [5.41, 5.74) is 2.99. The molecule has 1 atom stereocenters. The third-order valence-electron chi connectivity index (χ3n) is 3.73. The van der Waals surface area contributed by atoms with E-state index in [1.165, 1.54) is 4.70 Å². The summed E-state index contributed by atoms with van der Waals surface area (Å²) in [5, 5.41) is 15.1. The SMILES string of the molecule is OC(c1cccc2[nH]ccc12)c1csc2ccccc12. The number of thiophene rings is 1. The van der Waals surface area contributed by atoms with Crippen LogP contribution in [0, 0.1) is 0 Å². The van der Waals surface area contributed by atoms with Crippen LogP contribution in [0.5, 0.6) is 0 Å². The van der Waals surface area contributed by atoms with Crippen LogP contribution < -0.4 is 0 Å². The number of aliphatic hydroxyl groups is 1. The second kappa shape index (κ2) is 4.47. The van der Waals surface area contributed by atoms with Gasteiger partial charge in [-0.2, -0.15) is 0 Å². The molecule has 0 aliphatic rings. The molecular weight excluding hydrogens is 266 g/mol. The molecular formula is C17H13NOS. The van der Waals surface area contributed by atoms with Crippen LogP contribution in [-0.4, -0.2) is 10.1 Å². The first-order chi connectivity index (χ1) is 9.84. The molecule has 2 heterocycles. The average molecular weight is 279 g/mol. The van der Waals surface area contributed by atoms with Crippen LogP contribution >= 0.6 is 11.3 Å². The molecule has 98 valence electrons. The Morgan fingerprint density at radius 2 is 1.80 bits per heavy atom. The number of rotatable bonds is 2. The van der Waals surface area contributed by atoms with Crippen LogP contribution in [0.2, 0.25) is 0 Å². The van der Waals surface area contributed by atoms with Crippen molar-refractivity contribution in [2.45, 2.75) is 6.10 Å². The van der Waals surface area contributed by atoms with E-state index in [0.29, 0.717) is 0 Å². The maximum absolute atomic E-state index is 10.8. The van der Waals surface area contributed by atoms with Crippen molar-refractivity contribution in [3.8, 4) is 0 Å².